The van der Waals surface area contributed by atoms with Crippen molar-refractivity contribution in [2.45, 2.75) is 44.4 Å². The summed E-state index contributed by atoms with van der Waals surface area (Å²) >= 11 is 0. The number of para-hydroxylation sites is 1. The van der Waals surface area contributed by atoms with Gasteiger partial charge in [0.05, 0.1) is 17.8 Å². The third kappa shape index (κ3) is 4.53. The molecule has 0 atom stereocenters. The third-order valence-corrected chi connectivity index (χ3v) is 6.49. The number of pyridine rings is 1. The van der Waals surface area contributed by atoms with Crippen LogP contribution >= 0.6 is 0 Å². The monoisotopic (exact) mass is 422 g/mol. The first-order valence-electron chi connectivity index (χ1n) is 11.8. The van der Waals surface area contributed by atoms with Crippen LogP contribution in [0.5, 0.6) is 0 Å². The zero-order valence-electron chi connectivity index (χ0n) is 18.5. The van der Waals surface area contributed by atoms with E-state index in [1.165, 1.54) is 35.2 Å². The maximum Gasteiger partial charge on any atom is 0.0748 e. The highest BCUT2D eigenvalue weighted by Gasteiger charge is 2.18. The van der Waals surface area contributed by atoms with Gasteiger partial charge in [-0.05, 0) is 61.3 Å². The number of aryl methyl sites for hydroxylation is 1. The van der Waals surface area contributed by atoms with Crippen LogP contribution in [0.15, 0.2) is 84.9 Å². The number of hydrogen-bond donors (Lipinski definition) is 1. The van der Waals surface area contributed by atoms with Crippen molar-refractivity contribution < 1.29 is 4.84 Å². The van der Waals surface area contributed by atoms with E-state index in [0.717, 1.165) is 42.3 Å². The van der Waals surface area contributed by atoms with Gasteiger partial charge in [-0.25, -0.2) is 0 Å². The van der Waals surface area contributed by atoms with E-state index in [-0.39, 0.29) is 0 Å². The summed E-state index contributed by atoms with van der Waals surface area (Å²) in [5.74, 6) is 0.385. The predicted octanol–water partition coefficient (Wildman–Crippen LogP) is 7.07. The van der Waals surface area contributed by atoms with Gasteiger partial charge in [-0.1, -0.05) is 78.9 Å². The fourth-order valence-corrected chi connectivity index (χ4v) is 4.87. The van der Waals surface area contributed by atoms with Gasteiger partial charge in [0.2, 0.25) is 0 Å². The zero-order chi connectivity index (χ0) is 21.6. The van der Waals surface area contributed by atoms with Crippen LogP contribution in [0.4, 0.5) is 5.69 Å². The molecule has 1 aliphatic carbocycles. The molecule has 1 aromatic heterocycles. The topological polar surface area (TPSA) is 34.1 Å². The van der Waals surface area contributed by atoms with Crippen LogP contribution in [0.2, 0.25) is 0 Å². The minimum Gasteiger partial charge on any atom is -0.276 e. The number of benzene rings is 3. The Hall–Kier alpha value is -3.17. The fourth-order valence-electron chi connectivity index (χ4n) is 4.87. The largest absolute Gasteiger partial charge is 0.276 e. The molecule has 1 aliphatic rings. The molecule has 0 saturated heterocycles. The van der Waals surface area contributed by atoms with E-state index >= 15 is 0 Å². The Kier molecular flexibility index (Phi) is 6.45. The fraction of sp³-hybridized carbons (Fsp3) is 0.276. The van der Waals surface area contributed by atoms with Crippen LogP contribution in [0.25, 0.3) is 10.9 Å². The molecule has 1 N–H and O–H groups in total. The molecule has 0 bridgehead atoms. The first-order chi connectivity index (χ1) is 15.9. The zero-order valence-corrected chi connectivity index (χ0v) is 18.5. The van der Waals surface area contributed by atoms with Crippen LogP contribution in [0.3, 0.4) is 0 Å². The molecule has 5 rings (SSSR count). The molecule has 3 aromatic carbocycles. The van der Waals surface area contributed by atoms with Gasteiger partial charge in [0.25, 0.3) is 0 Å². The number of hydrogen-bond acceptors (Lipinski definition) is 3. The van der Waals surface area contributed by atoms with Crippen molar-refractivity contribution in [3.8, 4) is 0 Å². The molecular formula is C29H30N2O. The maximum atomic E-state index is 6.04. The number of rotatable bonds is 8. The number of nitrogens with one attached hydrogen (secondary N) is 1. The maximum absolute atomic E-state index is 6.04. The Bertz CT molecular complexity index is 1120. The average molecular weight is 423 g/mol. The van der Waals surface area contributed by atoms with Crippen LogP contribution in [-0.2, 0) is 17.7 Å². The summed E-state index contributed by atoms with van der Waals surface area (Å²) in [5, 5.41) is 1.15. The van der Waals surface area contributed by atoms with Crippen LogP contribution in [0.1, 0.15) is 54.0 Å². The molecule has 32 heavy (non-hydrogen) atoms. The molecule has 4 aromatic rings. The molecule has 0 amide bonds. The standard InChI is InChI=1S/C29H30N2O/c1-3-12-22(13-4-1)24(23-14-5-2-6-15-23)18-11-21-32-31-29-25-16-7-9-19-27(25)30-28-20-10-8-17-26(28)29/h1-7,9,12-16,19,24H,8,10-11,17-18,20-21H2,(H,30,31). The molecule has 0 spiro atoms. The third-order valence-electron chi connectivity index (χ3n) is 6.49. The van der Waals surface area contributed by atoms with Gasteiger partial charge in [0, 0.05) is 17.0 Å². The molecule has 0 fully saturated rings. The summed E-state index contributed by atoms with van der Waals surface area (Å²) in [4.78, 5) is 11.0. The van der Waals surface area contributed by atoms with E-state index in [1.54, 1.807) is 0 Å². The normalized spacial score (nSPS) is 13.3. The summed E-state index contributed by atoms with van der Waals surface area (Å²) in [6.07, 6.45) is 6.60. The van der Waals surface area contributed by atoms with Crippen molar-refractivity contribution in [2.24, 2.45) is 0 Å². The van der Waals surface area contributed by atoms with Crippen molar-refractivity contribution in [1.29, 1.82) is 0 Å². The van der Waals surface area contributed by atoms with E-state index in [4.69, 9.17) is 9.82 Å². The SMILES string of the molecule is c1ccc(C(CCCONc2c3c(nc4ccccc24)CCCC3)c2ccccc2)cc1. The molecule has 0 unspecified atom stereocenters. The molecule has 3 heteroatoms. The van der Waals surface area contributed by atoms with Crippen molar-refractivity contribution in [2.75, 3.05) is 12.1 Å². The summed E-state index contributed by atoms with van der Waals surface area (Å²) in [6, 6.07) is 30.0. The van der Waals surface area contributed by atoms with Crippen LogP contribution in [0, 0.1) is 0 Å². The lowest BCUT2D eigenvalue weighted by atomic mass is 9.88. The van der Waals surface area contributed by atoms with Gasteiger partial charge in [-0.15, -0.1) is 0 Å². The van der Waals surface area contributed by atoms with Gasteiger partial charge in [0.1, 0.15) is 0 Å². The quantitative estimate of drug-likeness (QED) is 0.244. The molecule has 1 heterocycles. The van der Waals surface area contributed by atoms with Gasteiger partial charge in [-0.3, -0.25) is 15.3 Å². The first-order valence-corrected chi connectivity index (χ1v) is 11.8. The van der Waals surface area contributed by atoms with E-state index in [2.05, 4.69) is 90.4 Å². The number of anilines is 1. The Labute approximate surface area is 190 Å². The second-order valence-corrected chi connectivity index (χ2v) is 8.60. The van der Waals surface area contributed by atoms with Gasteiger partial charge in [-0.2, -0.15) is 0 Å². The lowest BCUT2D eigenvalue weighted by Gasteiger charge is -2.22. The van der Waals surface area contributed by atoms with Crippen LogP contribution in [-0.4, -0.2) is 11.6 Å². The van der Waals surface area contributed by atoms with Gasteiger partial charge < -0.3 is 0 Å². The van der Waals surface area contributed by atoms with E-state index in [0.29, 0.717) is 12.5 Å². The Morgan fingerprint density at radius 1 is 0.781 bits per heavy atom. The number of nitrogens with zero attached hydrogens (tertiary/aromatic N) is 1. The molecule has 0 aliphatic heterocycles. The minimum atomic E-state index is 0.385. The molecule has 0 radical (unpaired) electrons. The lowest BCUT2D eigenvalue weighted by molar-refractivity contribution is 0.187. The van der Waals surface area contributed by atoms with Crippen molar-refractivity contribution in [3.05, 3.63) is 107 Å². The van der Waals surface area contributed by atoms with Crippen LogP contribution < -0.4 is 5.48 Å². The minimum absolute atomic E-state index is 0.385. The predicted molar refractivity (Wildman–Crippen MR) is 132 cm³/mol. The molecule has 162 valence electrons. The van der Waals surface area contributed by atoms with Gasteiger partial charge >= 0.3 is 0 Å². The Balaban J connectivity index is 1.27. The second kappa shape index (κ2) is 9.97. The van der Waals surface area contributed by atoms with E-state index in [1.807, 2.05) is 0 Å². The van der Waals surface area contributed by atoms with Crippen molar-refractivity contribution in [1.82, 2.24) is 4.98 Å². The van der Waals surface area contributed by atoms with Crippen molar-refractivity contribution >= 4 is 16.6 Å². The molecule has 3 nitrogen and oxygen atoms in total. The Morgan fingerprint density at radius 3 is 2.19 bits per heavy atom. The number of fused-ring (bicyclic) bond motifs is 2. The summed E-state index contributed by atoms with van der Waals surface area (Å²) in [7, 11) is 0. The Morgan fingerprint density at radius 2 is 1.44 bits per heavy atom. The smallest absolute Gasteiger partial charge is 0.0748 e. The van der Waals surface area contributed by atoms with Crippen molar-refractivity contribution in [3.63, 3.8) is 0 Å². The molecule has 0 saturated carbocycles. The van der Waals surface area contributed by atoms with E-state index < -0.39 is 0 Å². The number of aromatic nitrogens is 1. The summed E-state index contributed by atoms with van der Waals surface area (Å²) in [5.41, 5.74) is 10.8. The highest BCUT2D eigenvalue weighted by atomic mass is 16.6. The first kappa shape index (κ1) is 20.7. The second-order valence-electron chi connectivity index (χ2n) is 8.60. The highest BCUT2D eigenvalue weighted by molar-refractivity contribution is 5.93. The highest BCUT2D eigenvalue weighted by Crippen LogP contribution is 2.33. The molecular weight excluding hydrogens is 392 g/mol. The van der Waals surface area contributed by atoms with E-state index in [9.17, 15) is 0 Å². The summed E-state index contributed by atoms with van der Waals surface area (Å²) < 4.78 is 0. The lowest BCUT2D eigenvalue weighted by Crippen LogP contribution is -2.13. The van der Waals surface area contributed by atoms with Gasteiger partial charge in [0.15, 0.2) is 0 Å². The average Bonchev–Trinajstić information content (AvgIpc) is 2.86. The summed E-state index contributed by atoms with van der Waals surface area (Å²) in [6.45, 7) is 0.668.